The van der Waals surface area contributed by atoms with Gasteiger partial charge >= 0.3 is 0 Å². The Morgan fingerprint density at radius 2 is 1.03 bits per heavy atom. The van der Waals surface area contributed by atoms with Gasteiger partial charge < -0.3 is 0 Å². The molecule has 2 aromatic rings. The molecule has 0 aromatic heterocycles. The Morgan fingerprint density at radius 1 is 0.677 bits per heavy atom. The van der Waals surface area contributed by atoms with Gasteiger partial charge in [0, 0.05) is 12.1 Å². The van der Waals surface area contributed by atoms with E-state index in [0.717, 1.165) is 12.5 Å². The largest absolute Gasteiger partial charge is 0.267 e. The summed E-state index contributed by atoms with van der Waals surface area (Å²) in [7, 11) is -10.8. The van der Waals surface area contributed by atoms with Crippen molar-refractivity contribution < 1.29 is 25.3 Å². The molecule has 8 nitrogen and oxygen atoms in total. The quantitative estimate of drug-likeness (QED) is 0.656. The van der Waals surface area contributed by atoms with Crippen molar-refractivity contribution >= 4 is 41.3 Å². The molecule has 4 rings (SSSR count). The van der Waals surface area contributed by atoms with Crippen LogP contribution in [0.1, 0.15) is 25.0 Å². The average Bonchev–Trinajstić information content (AvgIpc) is 3.14. The second-order valence-corrected chi connectivity index (χ2v) is 14.0. The molecule has 31 heavy (non-hydrogen) atoms. The van der Waals surface area contributed by atoms with E-state index in [0.29, 0.717) is 35.3 Å². The molecule has 0 saturated heterocycles. The molecule has 2 heterocycles. The lowest BCUT2D eigenvalue weighted by Crippen LogP contribution is -2.34. The number of fused-ring (bicyclic) bond motifs is 2. The zero-order valence-corrected chi connectivity index (χ0v) is 20.1. The Balaban J connectivity index is 1.75. The molecule has 0 aliphatic carbocycles. The van der Waals surface area contributed by atoms with E-state index in [1.54, 1.807) is 13.8 Å². The van der Waals surface area contributed by atoms with Gasteiger partial charge in [0.1, 0.15) is 0 Å². The Hall–Kier alpha value is -2.11. The van der Waals surface area contributed by atoms with Crippen LogP contribution in [0.5, 0.6) is 0 Å². The summed E-state index contributed by atoms with van der Waals surface area (Å²) in [5.74, 6) is 0. The molecule has 0 spiro atoms. The van der Waals surface area contributed by atoms with Gasteiger partial charge in [-0.05, 0) is 74.2 Å². The lowest BCUT2D eigenvalue weighted by atomic mass is 10.1. The van der Waals surface area contributed by atoms with Gasteiger partial charge in [-0.25, -0.2) is 25.3 Å². The van der Waals surface area contributed by atoms with Crippen LogP contribution in [0, 0.1) is 0 Å². The molecule has 168 valence electrons. The van der Waals surface area contributed by atoms with Crippen molar-refractivity contribution in [2.75, 3.05) is 21.1 Å². The molecule has 11 heteroatoms. The first-order valence-corrected chi connectivity index (χ1v) is 14.9. The second kappa shape index (κ2) is 6.94. The summed E-state index contributed by atoms with van der Waals surface area (Å²) in [6.07, 6.45) is 3.12. The molecular weight excluding hydrogens is 460 g/mol. The highest BCUT2D eigenvalue weighted by atomic mass is 32.2. The van der Waals surface area contributed by atoms with Crippen LogP contribution < -0.4 is 8.61 Å². The molecule has 0 amide bonds. The summed E-state index contributed by atoms with van der Waals surface area (Å²) in [4.78, 5) is 0.166. The van der Waals surface area contributed by atoms with E-state index in [4.69, 9.17) is 0 Å². The number of hydrogen-bond donors (Lipinski definition) is 0. The van der Waals surface area contributed by atoms with Crippen LogP contribution in [0.3, 0.4) is 0 Å². The lowest BCUT2D eigenvalue weighted by molar-refractivity contribution is 0.588. The minimum atomic E-state index is -3.86. The van der Waals surface area contributed by atoms with Gasteiger partial charge in [-0.1, -0.05) is 0 Å². The third kappa shape index (κ3) is 3.62. The van der Waals surface area contributed by atoms with Crippen molar-refractivity contribution in [1.82, 2.24) is 0 Å². The maximum atomic E-state index is 13.3. The predicted molar refractivity (Wildman–Crippen MR) is 119 cm³/mol. The number of sulfone groups is 1. The predicted octanol–water partition coefficient (Wildman–Crippen LogP) is 1.94. The molecular formula is C20H24N2O6S3. The molecule has 2 aliphatic heterocycles. The van der Waals surface area contributed by atoms with E-state index in [1.165, 1.54) is 45.0 Å². The van der Waals surface area contributed by atoms with Gasteiger partial charge in [0.2, 0.25) is 29.9 Å². The molecule has 2 unspecified atom stereocenters. The molecule has 0 bridgehead atoms. The number of rotatable bonds is 4. The monoisotopic (exact) mass is 484 g/mol. The van der Waals surface area contributed by atoms with Crippen LogP contribution in [0.15, 0.2) is 46.2 Å². The molecule has 2 aromatic carbocycles. The van der Waals surface area contributed by atoms with E-state index < -0.39 is 29.9 Å². The van der Waals surface area contributed by atoms with Crippen molar-refractivity contribution in [2.45, 2.75) is 48.6 Å². The zero-order valence-electron chi connectivity index (χ0n) is 17.6. The topological polar surface area (TPSA) is 109 Å². The molecule has 0 fully saturated rings. The highest BCUT2D eigenvalue weighted by Gasteiger charge is 2.35. The normalized spacial score (nSPS) is 21.3. The first-order valence-electron chi connectivity index (χ1n) is 9.71. The van der Waals surface area contributed by atoms with Crippen LogP contribution >= 0.6 is 0 Å². The SMILES string of the molecule is CC1Cc2cc(S(=O)(=O)c3ccc4c(c3)CC(C)N4S(C)(=O)=O)ccc2N1S(C)(=O)=O. The highest BCUT2D eigenvalue weighted by Crippen LogP contribution is 2.39. The number of anilines is 2. The smallest absolute Gasteiger partial charge is 0.232 e. The minimum Gasteiger partial charge on any atom is -0.267 e. The number of hydrogen-bond acceptors (Lipinski definition) is 6. The van der Waals surface area contributed by atoms with Gasteiger partial charge in [-0.15, -0.1) is 0 Å². The molecule has 0 radical (unpaired) electrons. The number of benzene rings is 2. The fourth-order valence-corrected chi connectivity index (χ4v) is 8.53. The van der Waals surface area contributed by atoms with Crippen LogP contribution in [-0.2, 0) is 42.7 Å². The minimum absolute atomic E-state index is 0.0831. The van der Waals surface area contributed by atoms with Crippen molar-refractivity contribution in [1.29, 1.82) is 0 Å². The molecule has 0 N–H and O–H groups in total. The standard InChI is InChI=1S/C20H24N2O6S3/c1-13-9-15-11-17(5-7-19(15)21(13)29(3,23)24)31(27,28)18-6-8-20-16(12-18)10-14(2)22(20)30(4,25)26/h5-8,11-14H,9-10H2,1-4H3. The van der Waals surface area contributed by atoms with Crippen LogP contribution in [0.2, 0.25) is 0 Å². The summed E-state index contributed by atoms with van der Waals surface area (Å²) in [5, 5.41) is 0. The van der Waals surface area contributed by atoms with E-state index in [-0.39, 0.29) is 21.9 Å². The zero-order chi connectivity index (χ0) is 22.9. The van der Waals surface area contributed by atoms with E-state index in [9.17, 15) is 25.3 Å². The average molecular weight is 485 g/mol. The van der Waals surface area contributed by atoms with Crippen molar-refractivity contribution in [3.63, 3.8) is 0 Å². The summed E-state index contributed by atoms with van der Waals surface area (Å²) >= 11 is 0. The second-order valence-electron chi connectivity index (χ2n) is 8.31. The molecule has 0 saturated carbocycles. The van der Waals surface area contributed by atoms with Crippen molar-refractivity contribution in [3.05, 3.63) is 47.5 Å². The first kappa shape index (κ1) is 22.1. The van der Waals surface area contributed by atoms with Crippen molar-refractivity contribution in [3.8, 4) is 0 Å². The fourth-order valence-electron chi connectivity index (χ4n) is 4.64. The first-order chi connectivity index (χ1) is 14.2. The summed E-state index contributed by atoms with van der Waals surface area (Å²) in [6, 6.07) is 8.40. The van der Waals surface area contributed by atoms with Gasteiger partial charge in [0.05, 0.1) is 33.7 Å². The maximum absolute atomic E-state index is 13.3. The van der Waals surface area contributed by atoms with Gasteiger partial charge in [0.15, 0.2) is 0 Å². The highest BCUT2D eigenvalue weighted by molar-refractivity contribution is 7.92. The Bertz CT molecular complexity index is 1300. The summed E-state index contributed by atoms with van der Waals surface area (Å²) in [5.41, 5.74) is 2.33. The Morgan fingerprint density at radius 3 is 1.35 bits per heavy atom. The summed E-state index contributed by atoms with van der Waals surface area (Å²) in [6.45, 7) is 3.56. The van der Waals surface area contributed by atoms with E-state index in [2.05, 4.69) is 0 Å². The van der Waals surface area contributed by atoms with Crippen molar-refractivity contribution in [2.24, 2.45) is 0 Å². The lowest BCUT2D eigenvalue weighted by Gasteiger charge is -2.22. The third-order valence-electron chi connectivity index (χ3n) is 5.74. The summed E-state index contributed by atoms with van der Waals surface area (Å²) < 4.78 is 77.6. The Kier molecular flexibility index (Phi) is 4.95. The van der Waals surface area contributed by atoms with Crippen LogP contribution in [0.25, 0.3) is 0 Å². The molecule has 2 aliphatic rings. The Labute approximate surface area is 183 Å². The van der Waals surface area contributed by atoms with E-state index >= 15 is 0 Å². The third-order valence-corrected chi connectivity index (χ3v) is 10.0. The number of nitrogens with zero attached hydrogens (tertiary/aromatic N) is 2. The maximum Gasteiger partial charge on any atom is 0.232 e. The van der Waals surface area contributed by atoms with Gasteiger partial charge in [0.25, 0.3) is 0 Å². The van der Waals surface area contributed by atoms with Crippen LogP contribution in [-0.4, -0.2) is 49.8 Å². The number of sulfonamides is 2. The van der Waals surface area contributed by atoms with Gasteiger partial charge in [-0.2, -0.15) is 0 Å². The van der Waals surface area contributed by atoms with E-state index in [1.807, 2.05) is 0 Å². The van der Waals surface area contributed by atoms with Gasteiger partial charge in [-0.3, -0.25) is 8.61 Å². The molecule has 2 atom stereocenters. The fraction of sp³-hybridized carbons (Fsp3) is 0.400. The van der Waals surface area contributed by atoms with Crippen LogP contribution in [0.4, 0.5) is 11.4 Å².